The van der Waals surface area contributed by atoms with E-state index in [9.17, 15) is 38.4 Å². The molecule has 6 heterocycles. The maximum atomic E-state index is 13.7. The van der Waals surface area contributed by atoms with Gasteiger partial charge in [-0.3, -0.25) is 38.8 Å². The van der Waals surface area contributed by atoms with Crippen molar-refractivity contribution in [1.82, 2.24) is 73.8 Å². The number of carbonyl (C=O) groups is 8. The van der Waals surface area contributed by atoms with Crippen molar-refractivity contribution in [1.29, 1.82) is 0 Å². The standard InChI is InChI=1S/C29H39N5O2.C28H43N3O2.C27H36N6O2.C25H37N3O2/c1-22-9-7-14-25(30-22)31-26(35)20-33-21-28(34(27(33)36)19-23-10-8-11-23)15-17-29(18-16-28,32(2)3)24-12-5-4-6-13-24;1-5-25(32)20-30-21-27(31(26(30)33)19-23-10-9-11-23)14-16-28(17-15-27,29(4)18-22(2)3)24-12-7-6-8-13-24;1-31(2)27(22-9-4-3-5-10-22)14-12-26(13-15-27)19-32(25(35)33(26)17-21-7-6-8-21)18-24(34)30-23-11-16-28-20-29-23;1-4-22(29)18-27-19-24(28(23(27)30)17-20-9-8-10-20)13-15-25(16-14-24,26(2)3)21-11-6-5-7-12-21/h4-7,9,12-14,23H,8,10-11,15-21H2,1-3H3,(H,30,31,35);6-8,12-13,22-23H,5,9-11,14-21H2,1-4H3;3-5,9-11,16,20-21H,6-8,12-15,17-19H2,1-2H3,(H,28,29,30,34);5-7,11-12,20H,4,8-10,13-19H2,1-3H3. The lowest BCUT2D eigenvalue weighted by molar-refractivity contribution is -0.120. The quantitative estimate of drug-likeness (QED) is 0.0426. The third-order valence-electron chi connectivity index (χ3n) is 34.3. The first-order chi connectivity index (χ1) is 64.4. The van der Waals surface area contributed by atoms with Gasteiger partial charge in [-0.25, -0.2) is 34.1 Å². The first kappa shape index (κ1) is 98.8. The number of anilines is 2. The van der Waals surface area contributed by atoms with Gasteiger partial charge in [0.2, 0.25) is 11.8 Å². The van der Waals surface area contributed by atoms with Gasteiger partial charge in [0.25, 0.3) is 0 Å². The minimum Gasteiger partial charge on any atom is -0.317 e. The molecule has 10 amide bonds. The van der Waals surface area contributed by atoms with Crippen LogP contribution in [0.15, 0.2) is 158 Å². The second-order valence-electron chi connectivity index (χ2n) is 43.3. The number of nitrogens with one attached hydrogen (secondary N) is 2. The second kappa shape index (κ2) is 42.5. The van der Waals surface area contributed by atoms with E-state index in [0.717, 1.165) is 141 Å². The number of Topliss-reactive ketones (excluding diaryl/α,β-unsaturated/α-hetero) is 2. The van der Waals surface area contributed by atoms with Crippen LogP contribution in [0.4, 0.5) is 30.8 Å². The molecule has 12 aliphatic rings. The fourth-order valence-electron chi connectivity index (χ4n) is 25.0. The summed E-state index contributed by atoms with van der Waals surface area (Å²) in [6.45, 7) is 18.0. The Bertz CT molecular complexity index is 4940. The molecule has 0 atom stereocenters. The SMILES string of the molecule is CCC(=O)CN1CC2(CCC(c3ccccc3)(N(C)C)CC2)N(CC2CCC2)C1=O.CCC(=O)CN1CC2(CCC(c3ccccc3)(N(C)CC(C)C)CC2)N(CC2CCC2)C1=O.CN(C)C1(c2ccccc2)CCC2(CC1)CN(CC(=O)Nc1ccncn1)C(=O)N2CC1CCC1.Cc1cccc(NC(=O)CN2CC3(CCC(c4ccccc4)(N(C)C)CC3)N(CC3CCC3)C2=O)n1. The number of pyridine rings is 1. The van der Waals surface area contributed by atoms with E-state index in [1.165, 1.54) is 106 Å². The Hall–Kier alpha value is -9.69. The van der Waals surface area contributed by atoms with Gasteiger partial charge in [-0.2, -0.15) is 0 Å². The van der Waals surface area contributed by atoms with Gasteiger partial charge in [0, 0.05) is 106 Å². The molecule has 2 N–H and O–H groups in total. The van der Waals surface area contributed by atoms with Crippen LogP contribution in [0.3, 0.4) is 0 Å². The lowest BCUT2D eigenvalue weighted by atomic mass is 9.67. The summed E-state index contributed by atoms with van der Waals surface area (Å²) in [5, 5.41) is 5.68. The second-order valence-corrected chi connectivity index (χ2v) is 43.3. The Balaban J connectivity index is 0.000000137. The number of benzene rings is 4. The number of urea groups is 4. The Morgan fingerprint density at radius 1 is 0.373 bits per heavy atom. The number of hydrogen-bond acceptors (Lipinski definition) is 15. The number of aromatic nitrogens is 3. The number of ketones is 2. The molecule has 4 spiro atoms. The van der Waals surface area contributed by atoms with Crippen LogP contribution >= 0.6 is 0 Å². The molecule has 25 nitrogen and oxygen atoms in total. The molecule has 4 saturated heterocycles. The van der Waals surface area contributed by atoms with Gasteiger partial charge in [0.1, 0.15) is 31.1 Å². The van der Waals surface area contributed by atoms with Crippen molar-refractivity contribution in [2.45, 2.75) is 272 Å². The highest BCUT2D eigenvalue weighted by atomic mass is 16.2. The predicted molar refractivity (Wildman–Crippen MR) is 529 cm³/mol. The van der Waals surface area contributed by atoms with Crippen molar-refractivity contribution in [3.8, 4) is 0 Å². The monoisotopic (exact) mass is 1830 g/mol. The summed E-state index contributed by atoms with van der Waals surface area (Å²) >= 11 is 0. The van der Waals surface area contributed by atoms with E-state index in [1.807, 2.05) is 42.7 Å². The third-order valence-corrected chi connectivity index (χ3v) is 34.3. The summed E-state index contributed by atoms with van der Waals surface area (Å²) in [6.07, 6.45) is 34.6. The number of amides is 10. The lowest BCUT2D eigenvalue weighted by Gasteiger charge is -2.52. The van der Waals surface area contributed by atoms with Crippen LogP contribution < -0.4 is 10.6 Å². The maximum absolute atomic E-state index is 13.7. The van der Waals surface area contributed by atoms with E-state index in [2.05, 4.69) is 249 Å². The summed E-state index contributed by atoms with van der Waals surface area (Å²) < 4.78 is 0. The van der Waals surface area contributed by atoms with Crippen molar-refractivity contribution in [2.75, 3.05) is 145 Å². The molecule has 0 unspecified atom stereocenters. The molecular formula is C109H155N17O8. The molecule has 4 aliphatic heterocycles. The number of carbonyl (C=O) groups excluding carboxylic acids is 8. The Kier molecular flexibility index (Phi) is 31.3. The van der Waals surface area contributed by atoms with Crippen LogP contribution in [0.1, 0.15) is 248 Å². The van der Waals surface area contributed by atoms with E-state index in [0.29, 0.717) is 80.2 Å². The summed E-state index contributed by atoms with van der Waals surface area (Å²) in [4.78, 5) is 142. The Morgan fingerprint density at radius 3 is 0.925 bits per heavy atom. The molecule has 8 saturated carbocycles. The average molecular weight is 1830 g/mol. The van der Waals surface area contributed by atoms with Crippen LogP contribution in [-0.2, 0) is 41.3 Å². The smallest absolute Gasteiger partial charge is 0.317 e. The van der Waals surface area contributed by atoms with Gasteiger partial charge in [0.15, 0.2) is 11.6 Å². The molecule has 724 valence electrons. The summed E-state index contributed by atoms with van der Waals surface area (Å²) in [6, 6.07) is 50.8. The number of rotatable bonds is 30. The Morgan fingerprint density at radius 2 is 0.664 bits per heavy atom. The van der Waals surface area contributed by atoms with Gasteiger partial charge in [-0.05, 0) is 280 Å². The molecule has 18 rings (SSSR count). The fourth-order valence-corrected chi connectivity index (χ4v) is 25.0. The van der Waals surface area contributed by atoms with E-state index in [4.69, 9.17) is 0 Å². The van der Waals surface area contributed by atoms with E-state index in [-0.39, 0.29) is 118 Å². The first-order valence-electron chi connectivity index (χ1n) is 51.0. The highest BCUT2D eigenvalue weighted by Gasteiger charge is 2.61. The van der Waals surface area contributed by atoms with Gasteiger partial charge in [-0.1, -0.05) is 181 Å². The number of aryl methyl sites for hydroxylation is 1. The predicted octanol–water partition coefficient (Wildman–Crippen LogP) is 17.9. The molecule has 134 heavy (non-hydrogen) atoms. The minimum absolute atomic E-state index is 0.00630. The molecule has 8 aliphatic carbocycles. The summed E-state index contributed by atoms with van der Waals surface area (Å²) in [7, 11) is 15.3. The van der Waals surface area contributed by atoms with Crippen LogP contribution in [0.5, 0.6) is 0 Å². The molecule has 6 aromatic rings. The summed E-state index contributed by atoms with van der Waals surface area (Å²) in [5.74, 6) is 3.95. The van der Waals surface area contributed by atoms with Gasteiger partial charge in [-0.15, -0.1) is 0 Å². The van der Waals surface area contributed by atoms with Gasteiger partial charge >= 0.3 is 24.1 Å². The number of hydrogen-bond donors (Lipinski definition) is 2. The number of nitrogens with zero attached hydrogens (tertiary/aromatic N) is 15. The van der Waals surface area contributed by atoms with Crippen molar-refractivity contribution in [2.24, 2.45) is 29.6 Å². The first-order valence-corrected chi connectivity index (χ1v) is 51.0. The van der Waals surface area contributed by atoms with E-state index in [1.54, 1.807) is 28.1 Å². The molecule has 4 aromatic carbocycles. The molecule has 25 heteroatoms. The maximum Gasteiger partial charge on any atom is 0.321 e. The van der Waals surface area contributed by atoms with Gasteiger partial charge < -0.3 is 49.8 Å². The zero-order valence-corrected chi connectivity index (χ0v) is 82.8. The zero-order valence-electron chi connectivity index (χ0n) is 82.8. The normalized spacial score (nSPS) is 27.7. The average Bonchev–Trinajstić information content (AvgIpc) is 1.56. The van der Waals surface area contributed by atoms with Crippen molar-refractivity contribution < 1.29 is 38.4 Å². The van der Waals surface area contributed by atoms with E-state index < -0.39 is 0 Å². The molecular weight excluding hydrogens is 1680 g/mol. The van der Waals surface area contributed by atoms with Crippen LogP contribution in [0.25, 0.3) is 0 Å². The zero-order chi connectivity index (χ0) is 94.8. The van der Waals surface area contributed by atoms with Crippen LogP contribution in [0.2, 0.25) is 0 Å². The minimum atomic E-state index is -0.222. The van der Waals surface area contributed by atoms with Crippen molar-refractivity contribution >= 4 is 59.1 Å². The van der Waals surface area contributed by atoms with Crippen LogP contribution in [-0.4, -0.2) is 278 Å². The largest absolute Gasteiger partial charge is 0.321 e. The lowest BCUT2D eigenvalue weighted by Crippen LogP contribution is -2.57. The topological polar surface area (TPSA) is 238 Å². The molecule has 0 bridgehead atoms. The van der Waals surface area contributed by atoms with E-state index >= 15 is 0 Å². The molecule has 2 aromatic heterocycles. The highest BCUT2D eigenvalue weighted by Crippen LogP contribution is 2.56. The fraction of sp³-hybridized carbons (Fsp3) is 0.624. The Labute approximate surface area is 799 Å². The third kappa shape index (κ3) is 21.1. The van der Waals surface area contributed by atoms with Crippen molar-refractivity contribution in [3.63, 3.8) is 0 Å². The molecule has 0 radical (unpaired) electrons. The van der Waals surface area contributed by atoms with Crippen molar-refractivity contribution in [3.05, 3.63) is 186 Å². The molecule has 12 fully saturated rings. The summed E-state index contributed by atoms with van der Waals surface area (Å²) in [5.41, 5.74) is 5.62. The van der Waals surface area contributed by atoms with Crippen LogP contribution in [0, 0.1) is 36.5 Å². The highest BCUT2D eigenvalue weighted by molar-refractivity contribution is 5.95. The van der Waals surface area contributed by atoms with Gasteiger partial charge in [0.05, 0.1) is 35.2 Å².